The molecule has 146 valence electrons. The fourth-order valence-electron chi connectivity index (χ4n) is 2.79. The Morgan fingerprint density at radius 2 is 2.03 bits per heavy atom. The molecule has 2 aromatic heterocycles. The maximum atomic E-state index is 9.49. The molecule has 0 aliphatic heterocycles. The molecule has 0 atom stereocenters. The molecule has 0 bridgehead atoms. The van der Waals surface area contributed by atoms with Crippen LogP contribution in [-0.2, 0) is 0 Å². The molecule has 0 saturated heterocycles. The lowest BCUT2D eigenvalue weighted by Gasteiger charge is -2.10. The van der Waals surface area contributed by atoms with Gasteiger partial charge in [0.25, 0.3) is 0 Å². The van der Waals surface area contributed by atoms with Crippen LogP contribution in [0.3, 0.4) is 0 Å². The van der Waals surface area contributed by atoms with E-state index in [1.165, 1.54) is 12.8 Å². The van der Waals surface area contributed by atoms with Crippen LogP contribution in [-0.4, -0.2) is 28.2 Å². The predicted molar refractivity (Wildman–Crippen MR) is 109 cm³/mol. The standard InChI is InChI=1S/C22H21N5O2/c1-2-28-21-8-6-18(13-25-21)26-22-24-10-9-19(27-22)16-5-7-20(17(11-16)12-23)29-14-15-3-4-15/h5-11,13,15H,2-4,14H2,1H3,(H,24,26,27). The van der Waals surface area contributed by atoms with Crippen LogP contribution in [0.5, 0.6) is 11.6 Å². The summed E-state index contributed by atoms with van der Waals surface area (Å²) in [4.78, 5) is 13.0. The third-order valence-corrected chi connectivity index (χ3v) is 4.51. The summed E-state index contributed by atoms with van der Waals surface area (Å²) in [6.07, 6.45) is 5.76. The van der Waals surface area contributed by atoms with Gasteiger partial charge in [0.2, 0.25) is 11.8 Å². The van der Waals surface area contributed by atoms with E-state index in [0.717, 1.165) is 11.3 Å². The summed E-state index contributed by atoms with van der Waals surface area (Å²) in [5.41, 5.74) is 2.81. The predicted octanol–water partition coefficient (Wildman–Crippen LogP) is 4.34. The molecule has 4 rings (SSSR count). The fraction of sp³-hybridized carbons (Fsp3) is 0.273. The number of aromatic nitrogens is 3. The molecular formula is C22H21N5O2. The van der Waals surface area contributed by atoms with Crippen molar-refractivity contribution in [3.8, 4) is 29.0 Å². The Morgan fingerprint density at radius 3 is 2.76 bits per heavy atom. The van der Waals surface area contributed by atoms with Gasteiger partial charge in [-0.2, -0.15) is 5.26 Å². The van der Waals surface area contributed by atoms with Gasteiger partial charge in [-0.3, -0.25) is 0 Å². The number of nitriles is 1. The number of rotatable bonds is 8. The lowest BCUT2D eigenvalue weighted by molar-refractivity contribution is 0.299. The Balaban J connectivity index is 1.51. The molecule has 3 aromatic rings. The molecule has 7 heteroatoms. The number of nitrogens with one attached hydrogen (secondary N) is 1. The molecule has 2 heterocycles. The van der Waals surface area contributed by atoms with E-state index in [9.17, 15) is 5.26 Å². The Labute approximate surface area is 169 Å². The highest BCUT2D eigenvalue weighted by Gasteiger charge is 2.22. The van der Waals surface area contributed by atoms with E-state index >= 15 is 0 Å². The summed E-state index contributed by atoms with van der Waals surface area (Å²) < 4.78 is 11.1. The van der Waals surface area contributed by atoms with Gasteiger partial charge < -0.3 is 14.8 Å². The zero-order valence-corrected chi connectivity index (χ0v) is 16.1. The van der Waals surface area contributed by atoms with Gasteiger partial charge in [0.1, 0.15) is 11.8 Å². The van der Waals surface area contributed by atoms with E-state index in [1.54, 1.807) is 24.5 Å². The first-order chi connectivity index (χ1) is 14.2. The summed E-state index contributed by atoms with van der Waals surface area (Å²) in [6, 6.07) is 13.2. The number of hydrogen-bond donors (Lipinski definition) is 1. The second-order valence-electron chi connectivity index (χ2n) is 6.79. The normalized spacial score (nSPS) is 12.8. The number of pyridine rings is 1. The average molecular weight is 387 g/mol. The molecule has 29 heavy (non-hydrogen) atoms. The molecule has 1 N–H and O–H groups in total. The number of benzene rings is 1. The van der Waals surface area contributed by atoms with Crippen LogP contribution in [0.1, 0.15) is 25.3 Å². The maximum absolute atomic E-state index is 9.49. The summed E-state index contributed by atoms with van der Waals surface area (Å²) >= 11 is 0. The summed E-state index contributed by atoms with van der Waals surface area (Å²) in [6.45, 7) is 3.16. The van der Waals surface area contributed by atoms with Gasteiger partial charge in [-0.15, -0.1) is 0 Å². The van der Waals surface area contributed by atoms with Crippen molar-refractivity contribution in [3.63, 3.8) is 0 Å². The van der Waals surface area contributed by atoms with E-state index < -0.39 is 0 Å². The molecule has 1 aliphatic carbocycles. The molecule has 0 radical (unpaired) electrons. The number of ether oxygens (including phenoxy) is 2. The minimum Gasteiger partial charge on any atom is -0.492 e. The highest BCUT2D eigenvalue weighted by atomic mass is 16.5. The SMILES string of the molecule is CCOc1ccc(Nc2nccc(-c3ccc(OCC4CC4)c(C#N)c3)n2)cn1. The number of hydrogen-bond acceptors (Lipinski definition) is 7. The molecule has 1 saturated carbocycles. The summed E-state index contributed by atoms with van der Waals surface area (Å²) in [5, 5.41) is 12.6. The van der Waals surface area contributed by atoms with Gasteiger partial charge in [0, 0.05) is 17.8 Å². The molecule has 1 aromatic carbocycles. The molecular weight excluding hydrogens is 366 g/mol. The quantitative estimate of drug-likeness (QED) is 0.614. The molecule has 0 amide bonds. The second-order valence-corrected chi connectivity index (χ2v) is 6.79. The van der Waals surface area contributed by atoms with E-state index in [4.69, 9.17) is 9.47 Å². The van der Waals surface area contributed by atoms with Crippen molar-refractivity contribution in [2.45, 2.75) is 19.8 Å². The van der Waals surface area contributed by atoms with Crippen LogP contribution in [0.15, 0.2) is 48.8 Å². The maximum Gasteiger partial charge on any atom is 0.227 e. The van der Waals surface area contributed by atoms with Crippen LogP contribution in [0.2, 0.25) is 0 Å². The first-order valence-electron chi connectivity index (χ1n) is 9.61. The first kappa shape index (κ1) is 18.7. The van der Waals surface area contributed by atoms with Crippen molar-refractivity contribution >= 4 is 11.6 Å². The van der Waals surface area contributed by atoms with Crippen LogP contribution >= 0.6 is 0 Å². The minimum absolute atomic E-state index is 0.445. The molecule has 0 unspecified atom stereocenters. The molecule has 1 aliphatic rings. The Bertz CT molecular complexity index is 1030. The lowest BCUT2D eigenvalue weighted by atomic mass is 10.1. The van der Waals surface area contributed by atoms with E-state index in [2.05, 4.69) is 26.3 Å². The van der Waals surface area contributed by atoms with Gasteiger partial charge in [-0.25, -0.2) is 15.0 Å². The van der Waals surface area contributed by atoms with Gasteiger partial charge in [0.15, 0.2) is 0 Å². The van der Waals surface area contributed by atoms with Gasteiger partial charge in [-0.05, 0) is 56.0 Å². The Kier molecular flexibility index (Phi) is 5.52. The van der Waals surface area contributed by atoms with E-state index in [0.29, 0.717) is 48.0 Å². The van der Waals surface area contributed by atoms with E-state index in [1.807, 2.05) is 31.2 Å². The lowest BCUT2D eigenvalue weighted by Crippen LogP contribution is -2.01. The molecule has 7 nitrogen and oxygen atoms in total. The highest BCUT2D eigenvalue weighted by Crippen LogP contribution is 2.31. The Morgan fingerprint density at radius 1 is 1.14 bits per heavy atom. The van der Waals surface area contributed by atoms with Crippen LogP contribution < -0.4 is 14.8 Å². The third kappa shape index (κ3) is 4.79. The number of anilines is 2. The van der Waals surface area contributed by atoms with Crippen LogP contribution in [0, 0.1) is 17.2 Å². The zero-order valence-electron chi connectivity index (χ0n) is 16.1. The number of nitrogens with zero attached hydrogens (tertiary/aromatic N) is 4. The van der Waals surface area contributed by atoms with Crippen molar-refractivity contribution in [3.05, 3.63) is 54.4 Å². The van der Waals surface area contributed by atoms with Crippen molar-refractivity contribution in [1.29, 1.82) is 5.26 Å². The first-order valence-corrected chi connectivity index (χ1v) is 9.61. The van der Waals surface area contributed by atoms with Crippen molar-refractivity contribution in [2.75, 3.05) is 18.5 Å². The third-order valence-electron chi connectivity index (χ3n) is 4.51. The fourth-order valence-corrected chi connectivity index (χ4v) is 2.79. The largest absolute Gasteiger partial charge is 0.492 e. The summed E-state index contributed by atoms with van der Waals surface area (Å²) in [5.74, 6) is 2.27. The van der Waals surface area contributed by atoms with Crippen molar-refractivity contribution in [2.24, 2.45) is 5.92 Å². The molecule has 0 spiro atoms. The monoisotopic (exact) mass is 387 g/mol. The minimum atomic E-state index is 0.445. The second kappa shape index (κ2) is 8.57. The van der Waals surface area contributed by atoms with Gasteiger partial charge in [0.05, 0.1) is 36.4 Å². The van der Waals surface area contributed by atoms with Crippen LogP contribution in [0.4, 0.5) is 11.6 Å². The van der Waals surface area contributed by atoms with Crippen LogP contribution in [0.25, 0.3) is 11.3 Å². The summed E-state index contributed by atoms with van der Waals surface area (Å²) in [7, 11) is 0. The van der Waals surface area contributed by atoms with Gasteiger partial charge in [-0.1, -0.05) is 0 Å². The van der Waals surface area contributed by atoms with Gasteiger partial charge >= 0.3 is 0 Å². The van der Waals surface area contributed by atoms with E-state index in [-0.39, 0.29) is 0 Å². The smallest absolute Gasteiger partial charge is 0.227 e. The Hall–Kier alpha value is -3.66. The topological polar surface area (TPSA) is 92.9 Å². The van der Waals surface area contributed by atoms with Crippen molar-refractivity contribution < 1.29 is 9.47 Å². The van der Waals surface area contributed by atoms with Crippen molar-refractivity contribution in [1.82, 2.24) is 15.0 Å². The average Bonchev–Trinajstić information content (AvgIpc) is 3.58. The molecule has 1 fully saturated rings. The zero-order chi connectivity index (χ0) is 20.1. The highest BCUT2D eigenvalue weighted by molar-refractivity contribution is 5.65.